The summed E-state index contributed by atoms with van der Waals surface area (Å²) in [5.41, 5.74) is 1.64. The molecular formula is C19H22N4O2. The quantitative estimate of drug-likeness (QED) is 0.838. The first-order valence-corrected chi connectivity index (χ1v) is 8.65. The van der Waals surface area contributed by atoms with Gasteiger partial charge >= 0.3 is 0 Å². The Bertz CT molecular complexity index is 801. The highest BCUT2D eigenvalue weighted by atomic mass is 16.2. The third-order valence-electron chi connectivity index (χ3n) is 5.43. The van der Waals surface area contributed by atoms with E-state index in [9.17, 15) is 9.59 Å². The van der Waals surface area contributed by atoms with Gasteiger partial charge in [-0.05, 0) is 11.6 Å². The molecule has 2 aliphatic rings. The third kappa shape index (κ3) is 2.71. The summed E-state index contributed by atoms with van der Waals surface area (Å²) in [7, 11) is 1.81. The van der Waals surface area contributed by atoms with Gasteiger partial charge in [-0.2, -0.15) is 5.10 Å². The fraction of sp³-hybridized carbons (Fsp3) is 0.421. The second kappa shape index (κ2) is 6.02. The molecule has 2 amide bonds. The van der Waals surface area contributed by atoms with Gasteiger partial charge in [-0.15, -0.1) is 0 Å². The molecule has 130 valence electrons. The van der Waals surface area contributed by atoms with Crippen LogP contribution in [0.25, 0.3) is 0 Å². The molecule has 0 N–H and O–H groups in total. The van der Waals surface area contributed by atoms with Crippen molar-refractivity contribution in [1.29, 1.82) is 0 Å². The zero-order valence-corrected chi connectivity index (χ0v) is 14.5. The predicted octanol–water partition coefficient (Wildman–Crippen LogP) is 1.71. The fourth-order valence-electron chi connectivity index (χ4n) is 4.30. The van der Waals surface area contributed by atoms with Crippen molar-refractivity contribution in [3.05, 3.63) is 53.9 Å². The van der Waals surface area contributed by atoms with Gasteiger partial charge in [-0.3, -0.25) is 14.3 Å². The lowest BCUT2D eigenvalue weighted by atomic mass is 9.89. The van der Waals surface area contributed by atoms with Gasteiger partial charge < -0.3 is 9.80 Å². The van der Waals surface area contributed by atoms with Crippen LogP contribution in [-0.4, -0.2) is 51.0 Å². The molecule has 4 rings (SSSR count). The van der Waals surface area contributed by atoms with E-state index >= 15 is 0 Å². The summed E-state index contributed by atoms with van der Waals surface area (Å²) >= 11 is 0. The summed E-state index contributed by atoms with van der Waals surface area (Å²) in [6.07, 6.45) is 1.79. The summed E-state index contributed by atoms with van der Waals surface area (Å²) in [6.45, 7) is 3.70. The van der Waals surface area contributed by atoms with Crippen LogP contribution in [0.2, 0.25) is 0 Å². The number of fused-ring (bicyclic) bond motifs is 1. The van der Waals surface area contributed by atoms with Gasteiger partial charge in [-0.25, -0.2) is 0 Å². The number of rotatable bonds is 2. The highest BCUT2D eigenvalue weighted by Gasteiger charge is 2.49. The highest BCUT2D eigenvalue weighted by Crippen LogP contribution is 2.45. The summed E-state index contributed by atoms with van der Waals surface area (Å²) in [6, 6.07) is 12.0. The van der Waals surface area contributed by atoms with E-state index in [0.29, 0.717) is 31.2 Å². The number of carbonyl (C=O) groups is 2. The molecule has 6 nitrogen and oxygen atoms in total. The summed E-state index contributed by atoms with van der Waals surface area (Å²) < 4.78 is 1.65. The van der Waals surface area contributed by atoms with Crippen LogP contribution >= 0.6 is 0 Å². The van der Waals surface area contributed by atoms with Crippen LogP contribution < -0.4 is 0 Å². The molecular weight excluding hydrogens is 316 g/mol. The summed E-state index contributed by atoms with van der Waals surface area (Å²) in [4.78, 5) is 28.7. The lowest BCUT2D eigenvalue weighted by molar-refractivity contribution is -0.130. The van der Waals surface area contributed by atoms with E-state index in [2.05, 4.69) is 17.2 Å². The second-order valence-corrected chi connectivity index (χ2v) is 7.04. The number of aryl methyl sites for hydroxylation is 1. The van der Waals surface area contributed by atoms with Crippen molar-refractivity contribution >= 4 is 11.8 Å². The average Bonchev–Trinajstić information content (AvgIpc) is 3.28. The third-order valence-corrected chi connectivity index (χ3v) is 5.43. The SMILES string of the molecule is CC(=O)N1C[C@H]2CN(C(=O)c3ccn(C)n3)C[C@H]2[C@@H]1c1ccccc1. The molecule has 0 aliphatic carbocycles. The Morgan fingerprint density at radius 2 is 1.84 bits per heavy atom. The van der Waals surface area contributed by atoms with Crippen LogP contribution in [0, 0.1) is 11.8 Å². The Morgan fingerprint density at radius 3 is 2.48 bits per heavy atom. The van der Waals surface area contributed by atoms with Gasteiger partial charge in [0.15, 0.2) is 0 Å². The standard InChI is InChI=1S/C19H22N4O2/c1-13(24)23-11-15-10-22(19(25)17-8-9-21(2)20-17)12-16(15)18(23)14-6-4-3-5-7-14/h3-9,15-16,18H,10-12H2,1-2H3/t15-,16-,18+/m1/s1. The van der Waals surface area contributed by atoms with Gasteiger partial charge in [0.25, 0.3) is 5.91 Å². The normalized spacial score (nSPS) is 25.3. The Hall–Kier alpha value is -2.63. The van der Waals surface area contributed by atoms with Crippen molar-refractivity contribution in [2.75, 3.05) is 19.6 Å². The number of hydrogen-bond donors (Lipinski definition) is 0. The number of amides is 2. The molecule has 2 saturated heterocycles. The molecule has 2 fully saturated rings. The molecule has 0 spiro atoms. The van der Waals surface area contributed by atoms with Gasteiger partial charge in [-0.1, -0.05) is 30.3 Å². The van der Waals surface area contributed by atoms with Crippen LogP contribution in [0.4, 0.5) is 0 Å². The first kappa shape index (κ1) is 15.9. The van der Waals surface area contributed by atoms with Crippen LogP contribution in [0.5, 0.6) is 0 Å². The van der Waals surface area contributed by atoms with Crippen LogP contribution in [-0.2, 0) is 11.8 Å². The minimum atomic E-state index is -0.0174. The maximum absolute atomic E-state index is 12.7. The van der Waals surface area contributed by atoms with Crippen LogP contribution in [0.15, 0.2) is 42.6 Å². The predicted molar refractivity (Wildman–Crippen MR) is 92.7 cm³/mol. The van der Waals surface area contributed by atoms with Crippen molar-refractivity contribution in [3.63, 3.8) is 0 Å². The summed E-state index contributed by atoms with van der Waals surface area (Å²) in [5.74, 6) is 0.683. The maximum atomic E-state index is 12.7. The molecule has 0 saturated carbocycles. The summed E-state index contributed by atoms with van der Waals surface area (Å²) in [5, 5.41) is 4.23. The van der Waals surface area contributed by atoms with Gasteiger partial charge in [0.2, 0.25) is 5.91 Å². The Balaban J connectivity index is 1.58. The van der Waals surface area contributed by atoms with Gasteiger partial charge in [0.1, 0.15) is 5.69 Å². The van der Waals surface area contributed by atoms with Gasteiger partial charge in [0.05, 0.1) is 6.04 Å². The zero-order chi connectivity index (χ0) is 17.6. The van der Waals surface area contributed by atoms with Crippen LogP contribution in [0.1, 0.15) is 29.0 Å². The van der Waals surface area contributed by atoms with E-state index < -0.39 is 0 Å². The number of hydrogen-bond acceptors (Lipinski definition) is 3. The molecule has 0 radical (unpaired) electrons. The Morgan fingerprint density at radius 1 is 1.08 bits per heavy atom. The van der Waals surface area contributed by atoms with E-state index in [0.717, 1.165) is 5.56 Å². The molecule has 2 aromatic rings. The number of benzene rings is 1. The fourth-order valence-corrected chi connectivity index (χ4v) is 4.30. The highest BCUT2D eigenvalue weighted by molar-refractivity contribution is 5.92. The molecule has 6 heteroatoms. The van der Waals surface area contributed by atoms with Crippen molar-refractivity contribution in [2.45, 2.75) is 13.0 Å². The van der Waals surface area contributed by atoms with Crippen molar-refractivity contribution in [1.82, 2.24) is 19.6 Å². The van der Waals surface area contributed by atoms with E-state index in [-0.39, 0.29) is 23.8 Å². The lowest BCUT2D eigenvalue weighted by Crippen LogP contribution is -2.36. The molecule has 1 aromatic carbocycles. The smallest absolute Gasteiger partial charge is 0.274 e. The van der Waals surface area contributed by atoms with Gasteiger partial charge in [0, 0.05) is 51.6 Å². The Labute approximate surface area is 147 Å². The number of likely N-dealkylation sites (tertiary alicyclic amines) is 2. The minimum absolute atomic E-state index is 0.0174. The first-order valence-electron chi connectivity index (χ1n) is 8.65. The van der Waals surface area contributed by atoms with Crippen molar-refractivity contribution in [3.8, 4) is 0 Å². The number of aromatic nitrogens is 2. The molecule has 3 atom stereocenters. The minimum Gasteiger partial charge on any atom is -0.337 e. The van der Waals surface area contributed by atoms with Crippen LogP contribution in [0.3, 0.4) is 0 Å². The van der Waals surface area contributed by atoms with E-state index in [4.69, 9.17) is 0 Å². The molecule has 25 heavy (non-hydrogen) atoms. The van der Waals surface area contributed by atoms with Crippen molar-refractivity contribution in [2.24, 2.45) is 18.9 Å². The van der Waals surface area contributed by atoms with E-state index in [1.165, 1.54) is 0 Å². The first-order chi connectivity index (χ1) is 12.0. The Kier molecular flexibility index (Phi) is 3.82. The monoisotopic (exact) mass is 338 g/mol. The molecule has 0 bridgehead atoms. The number of nitrogens with zero attached hydrogens (tertiary/aromatic N) is 4. The lowest BCUT2D eigenvalue weighted by Gasteiger charge is -2.29. The van der Waals surface area contributed by atoms with E-state index in [1.54, 1.807) is 23.9 Å². The van der Waals surface area contributed by atoms with Crippen molar-refractivity contribution < 1.29 is 9.59 Å². The molecule has 2 aliphatic heterocycles. The number of carbonyl (C=O) groups excluding carboxylic acids is 2. The molecule has 0 unspecified atom stereocenters. The zero-order valence-electron chi connectivity index (χ0n) is 14.5. The second-order valence-electron chi connectivity index (χ2n) is 7.04. The molecule has 3 heterocycles. The molecule has 1 aromatic heterocycles. The maximum Gasteiger partial charge on any atom is 0.274 e. The van der Waals surface area contributed by atoms with E-state index in [1.807, 2.05) is 35.0 Å². The average molecular weight is 338 g/mol. The topological polar surface area (TPSA) is 58.4 Å². The largest absolute Gasteiger partial charge is 0.337 e.